The standard InChI is InChI=1S/C35H41N5O15S2/c1-21-13-31(39-40-34-33(57(49,50)51)15-23-14-25(36-22(2)44)5-8-29(23)35(34)45)32(16-30(21)38-37-24-3-6-28(7-4-24)56(46,47)48)54-20-27(19-53-12-10-42)55-26(17-43)18-52-11-9-41/h3-8,13-16,26-27,41-43,45H,9-12,17-20H2,1-2H3,(H,36,44)(H,46,47,48)(H,49,50,51). The van der Waals surface area contributed by atoms with Crippen molar-refractivity contribution in [3.63, 3.8) is 0 Å². The summed E-state index contributed by atoms with van der Waals surface area (Å²) in [6.07, 6.45) is -1.78. The number of carbonyl (C=O) groups is 1. The number of aromatic hydroxyl groups is 1. The largest absolute Gasteiger partial charge is 0.505 e. The molecule has 0 spiro atoms. The molecule has 0 aliphatic rings. The minimum absolute atomic E-state index is 0.00799. The van der Waals surface area contributed by atoms with Gasteiger partial charge in [0.1, 0.15) is 40.8 Å². The average molecular weight is 836 g/mol. The summed E-state index contributed by atoms with van der Waals surface area (Å²) in [5.41, 5.74) is 0.496. The first-order valence-corrected chi connectivity index (χ1v) is 19.8. The number of nitrogens with zero attached hydrogens (tertiary/aromatic N) is 4. The number of phenols is 1. The van der Waals surface area contributed by atoms with Gasteiger partial charge in [-0.3, -0.25) is 13.9 Å². The smallest absolute Gasteiger partial charge is 0.296 e. The zero-order valence-electron chi connectivity index (χ0n) is 30.5. The van der Waals surface area contributed by atoms with Crippen LogP contribution in [0.25, 0.3) is 10.8 Å². The highest BCUT2D eigenvalue weighted by molar-refractivity contribution is 7.86. The fraction of sp³-hybridized carbons (Fsp3) is 0.343. The van der Waals surface area contributed by atoms with E-state index in [1.54, 1.807) is 6.92 Å². The van der Waals surface area contributed by atoms with Crippen LogP contribution in [0.15, 0.2) is 90.9 Å². The second kappa shape index (κ2) is 20.4. The van der Waals surface area contributed by atoms with Gasteiger partial charge in [0, 0.05) is 24.1 Å². The number of nitrogens with one attached hydrogen (secondary N) is 1. The average Bonchev–Trinajstić information content (AvgIpc) is 3.15. The van der Waals surface area contributed by atoms with Crippen LogP contribution in [0.2, 0.25) is 0 Å². The number of anilines is 1. The first-order valence-electron chi connectivity index (χ1n) is 16.9. The minimum Gasteiger partial charge on any atom is -0.505 e. The lowest BCUT2D eigenvalue weighted by molar-refractivity contribution is -0.115. The van der Waals surface area contributed by atoms with Gasteiger partial charge in [-0.05, 0) is 72.5 Å². The van der Waals surface area contributed by atoms with Crippen molar-refractivity contribution in [2.75, 3.05) is 58.2 Å². The maximum atomic E-state index is 12.5. The van der Waals surface area contributed by atoms with E-state index in [1.807, 2.05) is 0 Å². The maximum Gasteiger partial charge on any atom is 0.296 e. The number of phenolic OH excluding ortho intramolecular Hbond substituents is 1. The van der Waals surface area contributed by atoms with Crippen LogP contribution < -0.4 is 10.1 Å². The summed E-state index contributed by atoms with van der Waals surface area (Å²) in [6, 6.07) is 13.0. The van der Waals surface area contributed by atoms with Gasteiger partial charge in [-0.25, -0.2) is 0 Å². The third-order valence-electron chi connectivity index (χ3n) is 7.68. The first kappa shape index (κ1) is 44.7. The molecule has 2 unspecified atom stereocenters. The Hall–Kier alpha value is -5.01. The molecule has 0 radical (unpaired) electrons. The molecule has 1 amide bonds. The van der Waals surface area contributed by atoms with Crippen molar-refractivity contribution in [2.24, 2.45) is 20.5 Å². The zero-order valence-corrected chi connectivity index (χ0v) is 32.2. The number of aliphatic hydroxyl groups excluding tert-OH is 3. The number of aryl methyl sites for hydroxylation is 1. The second-order valence-corrected chi connectivity index (χ2v) is 14.9. The number of aliphatic hydroxyl groups is 3. The fourth-order valence-corrected chi connectivity index (χ4v) is 6.20. The summed E-state index contributed by atoms with van der Waals surface area (Å²) in [7, 11) is -9.46. The number of azo groups is 2. The highest BCUT2D eigenvalue weighted by atomic mass is 32.2. The van der Waals surface area contributed by atoms with Crippen LogP contribution in [0.5, 0.6) is 11.5 Å². The van der Waals surface area contributed by atoms with Crippen molar-refractivity contribution in [1.29, 1.82) is 0 Å². The summed E-state index contributed by atoms with van der Waals surface area (Å²) in [6.45, 7) is 1.31. The van der Waals surface area contributed by atoms with Gasteiger partial charge in [0.2, 0.25) is 5.91 Å². The summed E-state index contributed by atoms with van der Waals surface area (Å²) in [5, 5.41) is 58.7. The van der Waals surface area contributed by atoms with Crippen molar-refractivity contribution in [3.8, 4) is 11.5 Å². The Morgan fingerprint density at radius 2 is 1.42 bits per heavy atom. The Morgan fingerprint density at radius 3 is 2.02 bits per heavy atom. The Balaban J connectivity index is 1.78. The van der Waals surface area contributed by atoms with E-state index in [4.69, 9.17) is 24.1 Å². The molecule has 0 aromatic heterocycles. The van der Waals surface area contributed by atoms with Crippen LogP contribution in [0.1, 0.15) is 12.5 Å². The SMILES string of the molecule is CC(=O)Nc1ccc2c(O)c(N=Nc3cc(C)c(N=Nc4ccc(S(=O)(=O)O)cc4)cc3OCC(COCCO)OC(CO)COCCO)c(S(=O)(=O)O)cc2c1. The van der Waals surface area contributed by atoms with E-state index >= 15 is 0 Å². The normalized spacial score (nSPS) is 13.4. The van der Waals surface area contributed by atoms with Gasteiger partial charge < -0.3 is 44.7 Å². The number of ether oxygens (including phenoxy) is 4. The number of hydrogen-bond donors (Lipinski definition) is 7. The highest BCUT2D eigenvalue weighted by Gasteiger charge is 2.24. The highest BCUT2D eigenvalue weighted by Crippen LogP contribution is 2.43. The van der Waals surface area contributed by atoms with Crippen molar-refractivity contribution >= 4 is 65.4 Å². The lowest BCUT2D eigenvalue weighted by atomic mass is 10.1. The summed E-state index contributed by atoms with van der Waals surface area (Å²) >= 11 is 0. The van der Waals surface area contributed by atoms with Crippen LogP contribution in [0.4, 0.5) is 28.4 Å². The number of hydrogen-bond acceptors (Lipinski definition) is 17. The second-order valence-electron chi connectivity index (χ2n) is 12.1. The maximum absolute atomic E-state index is 12.5. The molecule has 4 aromatic rings. The Bertz CT molecular complexity index is 2310. The van der Waals surface area contributed by atoms with Gasteiger partial charge in [-0.2, -0.15) is 27.1 Å². The molecule has 0 saturated carbocycles. The van der Waals surface area contributed by atoms with Crippen LogP contribution in [-0.2, 0) is 39.2 Å². The van der Waals surface area contributed by atoms with Crippen molar-refractivity contribution < 1.29 is 70.1 Å². The molecule has 4 aromatic carbocycles. The molecule has 0 aliphatic carbocycles. The summed E-state index contributed by atoms with van der Waals surface area (Å²) in [4.78, 5) is 10.4. The summed E-state index contributed by atoms with van der Waals surface area (Å²) in [5.74, 6) is -1.10. The Morgan fingerprint density at radius 1 is 0.772 bits per heavy atom. The molecule has 57 heavy (non-hydrogen) atoms. The van der Waals surface area contributed by atoms with E-state index in [1.165, 1.54) is 49.4 Å². The van der Waals surface area contributed by atoms with Crippen LogP contribution >= 0.6 is 0 Å². The first-order chi connectivity index (χ1) is 27.0. The summed E-state index contributed by atoms with van der Waals surface area (Å²) < 4.78 is 90.1. The Kier molecular flexibility index (Phi) is 16.0. The monoisotopic (exact) mass is 835 g/mol. The number of benzene rings is 4. The van der Waals surface area contributed by atoms with Gasteiger partial charge >= 0.3 is 0 Å². The molecular formula is C35H41N5O15S2. The van der Waals surface area contributed by atoms with Crippen molar-refractivity contribution in [1.82, 2.24) is 0 Å². The van der Waals surface area contributed by atoms with Gasteiger partial charge in [-0.1, -0.05) is 0 Å². The van der Waals surface area contributed by atoms with Gasteiger partial charge in [0.05, 0.1) is 62.5 Å². The van der Waals surface area contributed by atoms with E-state index in [0.29, 0.717) is 11.3 Å². The zero-order chi connectivity index (χ0) is 41.8. The van der Waals surface area contributed by atoms with Crippen molar-refractivity contribution in [3.05, 3.63) is 66.2 Å². The lowest BCUT2D eigenvalue weighted by Gasteiger charge is -2.24. The molecule has 20 nitrogen and oxygen atoms in total. The fourth-order valence-electron chi connectivity index (χ4n) is 5.07. The molecular weight excluding hydrogens is 795 g/mol. The number of amides is 1. The lowest BCUT2D eigenvalue weighted by Crippen LogP contribution is -2.36. The molecule has 308 valence electrons. The topological polar surface area (TPSA) is 305 Å². The van der Waals surface area contributed by atoms with E-state index in [9.17, 15) is 46.1 Å². The number of carbonyl (C=O) groups excluding carboxylic acids is 1. The molecule has 0 aliphatic heterocycles. The minimum atomic E-state index is -5.01. The van der Waals surface area contributed by atoms with Crippen LogP contribution in [0, 0.1) is 6.92 Å². The molecule has 0 fully saturated rings. The van der Waals surface area contributed by atoms with Gasteiger partial charge in [-0.15, -0.1) is 10.2 Å². The third kappa shape index (κ3) is 13.0. The van der Waals surface area contributed by atoms with Crippen molar-refractivity contribution in [2.45, 2.75) is 35.8 Å². The van der Waals surface area contributed by atoms with Gasteiger partial charge in [0.15, 0.2) is 5.75 Å². The number of fused-ring (bicyclic) bond motifs is 1. The Labute approximate surface area is 326 Å². The molecule has 0 heterocycles. The van der Waals surface area contributed by atoms with Crippen LogP contribution in [0.3, 0.4) is 0 Å². The molecule has 4 rings (SSSR count). The third-order valence-corrected chi connectivity index (χ3v) is 9.42. The predicted octanol–water partition coefficient (Wildman–Crippen LogP) is 4.28. The molecule has 2 atom stereocenters. The van der Waals surface area contributed by atoms with E-state index in [-0.39, 0.29) is 84.7 Å². The number of rotatable bonds is 21. The van der Waals surface area contributed by atoms with E-state index < -0.39 is 61.3 Å². The molecule has 22 heteroatoms. The van der Waals surface area contributed by atoms with E-state index in [2.05, 4.69) is 25.8 Å². The van der Waals surface area contributed by atoms with E-state index in [0.717, 1.165) is 18.2 Å². The predicted molar refractivity (Wildman–Crippen MR) is 203 cm³/mol. The molecule has 0 bridgehead atoms. The quantitative estimate of drug-likeness (QED) is 0.0350. The van der Waals surface area contributed by atoms with Crippen LogP contribution in [-0.4, -0.2) is 117 Å². The molecule has 7 N–H and O–H groups in total. The molecule has 0 saturated heterocycles. The van der Waals surface area contributed by atoms with Gasteiger partial charge in [0.25, 0.3) is 20.2 Å².